The second-order valence-electron chi connectivity index (χ2n) is 10.6. The fraction of sp³-hybridized carbons (Fsp3) is 0.242. The van der Waals surface area contributed by atoms with Gasteiger partial charge in [-0.3, -0.25) is 4.39 Å². The minimum atomic E-state index is -0.586. The van der Waals surface area contributed by atoms with E-state index < -0.39 is 11.5 Å². The summed E-state index contributed by atoms with van der Waals surface area (Å²) < 4.78 is 26.7. The van der Waals surface area contributed by atoms with E-state index >= 15 is 4.39 Å². The number of aromatic hydroxyl groups is 1. The van der Waals surface area contributed by atoms with Gasteiger partial charge in [0, 0.05) is 41.4 Å². The Kier molecular flexibility index (Phi) is 8.40. The number of hydrogen-bond acceptors (Lipinski definition) is 7. The van der Waals surface area contributed by atoms with Crippen LogP contribution in [0.25, 0.3) is 28.0 Å². The zero-order valence-electron chi connectivity index (χ0n) is 23.6. The first-order valence-corrected chi connectivity index (χ1v) is 15.1. The number of fused-ring (bicyclic) bond motifs is 3. The molecular formula is C33H31F2N5O2S. The Bertz CT molecular complexity index is 1810. The van der Waals surface area contributed by atoms with Gasteiger partial charge in [0.25, 0.3) is 0 Å². The molecule has 220 valence electrons. The molecular weight excluding hydrogens is 568 g/mol. The van der Waals surface area contributed by atoms with Crippen molar-refractivity contribution in [2.75, 3.05) is 25.2 Å². The number of aromatic nitrogens is 3. The number of phenols is 1. The number of nitrogens with zero attached hydrogens (tertiary/aromatic N) is 4. The first-order valence-electron chi connectivity index (χ1n) is 14.1. The summed E-state index contributed by atoms with van der Waals surface area (Å²) in [5, 5.41) is 14.6. The SMILES string of the molecule is CF.O=c1nc(N2CC3CCC(C2)N3)c2cc(F)c(-c3ccccc3O)nc2n1-c1cccc(SCc2ccccc2)c1. The van der Waals surface area contributed by atoms with Crippen LogP contribution in [0.15, 0.2) is 94.6 Å². The molecule has 0 aliphatic carbocycles. The van der Waals surface area contributed by atoms with E-state index in [1.807, 2.05) is 42.5 Å². The van der Waals surface area contributed by atoms with Gasteiger partial charge in [0.05, 0.1) is 18.3 Å². The van der Waals surface area contributed by atoms with Crippen molar-refractivity contribution in [3.05, 3.63) is 107 Å². The number of anilines is 1. The number of piperazine rings is 1. The molecule has 0 saturated carbocycles. The molecule has 4 heterocycles. The standard InChI is InChI=1S/C32H28FN5O2S.CH3F/c33-27-16-26-30(37-17-21-13-14-22(18-37)34-21)36-32(40)38(31(26)35-29(27)25-11-4-5-12-28(25)39)23-9-6-10-24(15-23)41-19-20-7-2-1-3-8-20;1-2/h1-12,15-16,21-22,34,39H,13-14,17-19H2;1H3. The Balaban J connectivity index is 0.00000161. The van der Waals surface area contributed by atoms with Gasteiger partial charge in [-0.05, 0) is 54.8 Å². The van der Waals surface area contributed by atoms with E-state index in [1.165, 1.54) is 22.3 Å². The van der Waals surface area contributed by atoms with E-state index in [0.717, 1.165) is 23.5 Å². The highest BCUT2D eigenvalue weighted by Crippen LogP contribution is 2.35. The summed E-state index contributed by atoms with van der Waals surface area (Å²) in [5.74, 6) is 0.560. The van der Waals surface area contributed by atoms with Crippen LogP contribution in [0.3, 0.4) is 0 Å². The Morgan fingerprint density at radius 2 is 1.65 bits per heavy atom. The van der Waals surface area contributed by atoms with Crippen LogP contribution in [0, 0.1) is 5.82 Å². The second kappa shape index (κ2) is 12.5. The van der Waals surface area contributed by atoms with Gasteiger partial charge in [-0.1, -0.05) is 48.5 Å². The van der Waals surface area contributed by atoms with Gasteiger partial charge in [0.1, 0.15) is 17.3 Å². The van der Waals surface area contributed by atoms with Gasteiger partial charge in [-0.15, -0.1) is 11.8 Å². The van der Waals surface area contributed by atoms with Crippen LogP contribution in [-0.2, 0) is 5.75 Å². The quantitative estimate of drug-likeness (QED) is 0.228. The second-order valence-corrected chi connectivity index (χ2v) is 11.6. The average molecular weight is 600 g/mol. The molecule has 2 saturated heterocycles. The lowest BCUT2D eigenvalue weighted by Gasteiger charge is -2.34. The molecule has 7 rings (SSSR count). The van der Waals surface area contributed by atoms with E-state index in [2.05, 4.69) is 27.3 Å². The third-order valence-corrected chi connectivity index (χ3v) is 8.87. The van der Waals surface area contributed by atoms with Gasteiger partial charge in [-0.2, -0.15) is 4.98 Å². The maximum absolute atomic E-state index is 15.7. The molecule has 2 unspecified atom stereocenters. The first kappa shape index (κ1) is 28.8. The largest absolute Gasteiger partial charge is 0.507 e. The summed E-state index contributed by atoms with van der Waals surface area (Å²) in [6.45, 7) is 1.38. The van der Waals surface area contributed by atoms with Gasteiger partial charge in [-0.25, -0.2) is 18.7 Å². The smallest absolute Gasteiger partial charge is 0.355 e. The molecule has 2 bridgehead atoms. The zero-order valence-corrected chi connectivity index (χ0v) is 24.4. The number of hydrogen-bond donors (Lipinski definition) is 2. The number of benzene rings is 3. The van der Waals surface area contributed by atoms with Crippen LogP contribution in [0.1, 0.15) is 18.4 Å². The summed E-state index contributed by atoms with van der Waals surface area (Å²) >= 11 is 1.67. The molecule has 0 spiro atoms. The summed E-state index contributed by atoms with van der Waals surface area (Å²) in [6, 6.07) is 26.4. The van der Waals surface area contributed by atoms with E-state index in [-0.39, 0.29) is 17.0 Å². The van der Waals surface area contributed by atoms with Gasteiger partial charge in [0.2, 0.25) is 0 Å². The number of alkyl halides is 1. The average Bonchev–Trinajstić information content (AvgIpc) is 3.38. The van der Waals surface area contributed by atoms with Crippen molar-refractivity contribution < 1.29 is 13.9 Å². The Hall–Kier alpha value is -4.28. The number of rotatable bonds is 6. The van der Waals surface area contributed by atoms with Crippen molar-refractivity contribution in [2.24, 2.45) is 0 Å². The number of nitrogens with one attached hydrogen (secondary N) is 1. The molecule has 2 N–H and O–H groups in total. The lowest BCUT2D eigenvalue weighted by Crippen LogP contribution is -2.52. The van der Waals surface area contributed by atoms with E-state index in [1.54, 1.807) is 30.0 Å². The molecule has 43 heavy (non-hydrogen) atoms. The lowest BCUT2D eigenvalue weighted by molar-refractivity contribution is 0.463. The Labute approximate surface area is 252 Å². The third kappa shape index (κ3) is 5.85. The zero-order chi connectivity index (χ0) is 29.9. The molecule has 2 aliphatic heterocycles. The number of para-hydroxylation sites is 1. The van der Waals surface area contributed by atoms with E-state index in [0.29, 0.717) is 54.9 Å². The molecule has 5 aromatic rings. The molecule has 10 heteroatoms. The van der Waals surface area contributed by atoms with Crippen molar-refractivity contribution >= 4 is 28.6 Å². The summed E-state index contributed by atoms with van der Waals surface area (Å²) in [5.41, 5.74) is 1.86. The normalized spacial score (nSPS) is 17.5. The maximum atomic E-state index is 15.7. The highest BCUT2D eigenvalue weighted by molar-refractivity contribution is 7.98. The Morgan fingerprint density at radius 3 is 2.40 bits per heavy atom. The number of halogens is 2. The molecule has 2 atom stereocenters. The molecule has 7 nitrogen and oxygen atoms in total. The molecule has 0 radical (unpaired) electrons. The number of thioether (sulfide) groups is 1. The lowest BCUT2D eigenvalue weighted by atomic mass is 10.1. The van der Waals surface area contributed by atoms with Gasteiger partial charge in [0.15, 0.2) is 11.5 Å². The summed E-state index contributed by atoms with van der Waals surface area (Å²) in [6.07, 6.45) is 2.13. The molecule has 2 aromatic heterocycles. The van der Waals surface area contributed by atoms with Crippen molar-refractivity contribution in [3.8, 4) is 22.7 Å². The van der Waals surface area contributed by atoms with Crippen LogP contribution >= 0.6 is 11.8 Å². The van der Waals surface area contributed by atoms with Crippen molar-refractivity contribution in [1.29, 1.82) is 0 Å². The van der Waals surface area contributed by atoms with Crippen molar-refractivity contribution in [1.82, 2.24) is 19.9 Å². The molecule has 2 fully saturated rings. The van der Waals surface area contributed by atoms with E-state index in [4.69, 9.17) is 4.98 Å². The monoisotopic (exact) mass is 599 g/mol. The highest BCUT2D eigenvalue weighted by atomic mass is 32.2. The predicted molar refractivity (Wildman–Crippen MR) is 167 cm³/mol. The number of pyridine rings is 1. The molecule has 0 amide bonds. The van der Waals surface area contributed by atoms with Crippen LogP contribution < -0.4 is 15.9 Å². The topological polar surface area (TPSA) is 83.3 Å². The van der Waals surface area contributed by atoms with Crippen LogP contribution in [0.4, 0.5) is 14.6 Å². The van der Waals surface area contributed by atoms with E-state index in [9.17, 15) is 14.3 Å². The predicted octanol–water partition coefficient (Wildman–Crippen LogP) is 6.11. The number of phenolic OH excluding ortho intramolecular Hbond substituents is 1. The summed E-state index contributed by atoms with van der Waals surface area (Å²) in [4.78, 5) is 26.1. The minimum Gasteiger partial charge on any atom is -0.507 e. The first-order chi connectivity index (χ1) is 21.0. The summed E-state index contributed by atoms with van der Waals surface area (Å²) in [7, 11) is 0.500. The fourth-order valence-electron chi connectivity index (χ4n) is 5.87. The highest BCUT2D eigenvalue weighted by Gasteiger charge is 2.34. The maximum Gasteiger partial charge on any atom is 0.355 e. The van der Waals surface area contributed by atoms with Crippen molar-refractivity contribution in [2.45, 2.75) is 35.6 Å². The molecule has 2 aliphatic rings. The third-order valence-electron chi connectivity index (χ3n) is 7.80. The van der Waals surface area contributed by atoms with Crippen LogP contribution in [-0.4, -0.2) is 52.0 Å². The fourth-order valence-corrected chi connectivity index (χ4v) is 6.77. The van der Waals surface area contributed by atoms with Gasteiger partial charge < -0.3 is 15.3 Å². The molecule has 3 aromatic carbocycles. The van der Waals surface area contributed by atoms with Crippen LogP contribution in [0.5, 0.6) is 5.75 Å². The van der Waals surface area contributed by atoms with Gasteiger partial charge >= 0.3 is 5.69 Å². The van der Waals surface area contributed by atoms with Crippen molar-refractivity contribution in [3.63, 3.8) is 0 Å². The minimum absolute atomic E-state index is 0.0177. The Morgan fingerprint density at radius 1 is 0.930 bits per heavy atom. The van der Waals surface area contributed by atoms with Crippen LogP contribution in [0.2, 0.25) is 0 Å².